The van der Waals surface area contributed by atoms with Crippen LogP contribution in [-0.2, 0) is 21.5 Å². The van der Waals surface area contributed by atoms with E-state index in [-0.39, 0.29) is 18.5 Å². The van der Waals surface area contributed by atoms with Gasteiger partial charge in [0.2, 0.25) is 5.91 Å². The summed E-state index contributed by atoms with van der Waals surface area (Å²) in [6.45, 7) is 3.55. The van der Waals surface area contributed by atoms with Gasteiger partial charge in [0, 0.05) is 12.5 Å². The molecule has 2 atom stereocenters. The van der Waals surface area contributed by atoms with Gasteiger partial charge in [0.25, 0.3) is 5.91 Å². The lowest BCUT2D eigenvalue weighted by Crippen LogP contribution is -2.47. The molecule has 1 fully saturated rings. The Morgan fingerprint density at radius 3 is 2.29 bits per heavy atom. The van der Waals surface area contributed by atoms with E-state index in [0.29, 0.717) is 12.0 Å². The molecule has 0 aliphatic carbocycles. The summed E-state index contributed by atoms with van der Waals surface area (Å²) in [5.74, 6) is -0.756. The molecular formula is C22H25N3O3. The normalized spacial score (nSPS) is 20.0. The van der Waals surface area contributed by atoms with Crippen LogP contribution in [0.15, 0.2) is 60.7 Å². The molecule has 0 saturated carbocycles. The fourth-order valence-electron chi connectivity index (χ4n) is 3.38. The average molecular weight is 379 g/mol. The van der Waals surface area contributed by atoms with Crippen molar-refractivity contribution in [3.05, 3.63) is 71.8 Å². The Hall–Kier alpha value is -3.15. The zero-order valence-electron chi connectivity index (χ0n) is 16.1. The number of amides is 4. The Bertz CT molecular complexity index is 854. The number of imide groups is 1. The average Bonchev–Trinajstić information content (AvgIpc) is 2.94. The van der Waals surface area contributed by atoms with Crippen LogP contribution < -0.4 is 10.6 Å². The van der Waals surface area contributed by atoms with Crippen molar-refractivity contribution in [2.24, 2.45) is 0 Å². The van der Waals surface area contributed by atoms with Crippen LogP contribution in [0.5, 0.6) is 0 Å². The minimum Gasteiger partial charge on any atom is -0.352 e. The van der Waals surface area contributed by atoms with Crippen LogP contribution >= 0.6 is 0 Å². The lowest BCUT2D eigenvalue weighted by molar-refractivity contribution is -0.135. The van der Waals surface area contributed by atoms with Gasteiger partial charge in [0.15, 0.2) is 5.54 Å². The summed E-state index contributed by atoms with van der Waals surface area (Å²) < 4.78 is 0. The zero-order chi connectivity index (χ0) is 20.1. The van der Waals surface area contributed by atoms with Crippen LogP contribution in [0.3, 0.4) is 0 Å². The lowest BCUT2D eigenvalue weighted by atomic mass is 9.83. The van der Waals surface area contributed by atoms with E-state index in [1.54, 1.807) is 0 Å². The van der Waals surface area contributed by atoms with Crippen molar-refractivity contribution in [1.82, 2.24) is 15.5 Å². The maximum Gasteiger partial charge on any atom is 0.325 e. The topological polar surface area (TPSA) is 78.5 Å². The molecule has 3 rings (SSSR count). The molecule has 0 bridgehead atoms. The maximum absolute atomic E-state index is 13.4. The minimum absolute atomic E-state index is 0.0172. The van der Waals surface area contributed by atoms with Crippen LogP contribution in [0.1, 0.15) is 31.4 Å². The Labute approximate surface area is 164 Å². The highest BCUT2D eigenvalue weighted by Gasteiger charge is 2.52. The van der Waals surface area contributed by atoms with Gasteiger partial charge >= 0.3 is 6.03 Å². The van der Waals surface area contributed by atoms with E-state index in [2.05, 4.69) is 10.6 Å². The van der Waals surface area contributed by atoms with Gasteiger partial charge in [0.1, 0.15) is 6.54 Å². The predicted molar refractivity (Wildman–Crippen MR) is 106 cm³/mol. The molecule has 2 aromatic rings. The first kappa shape index (κ1) is 19.6. The second kappa shape index (κ2) is 8.25. The Balaban J connectivity index is 1.91. The summed E-state index contributed by atoms with van der Waals surface area (Å²) in [7, 11) is 0. The second-order valence-corrected chi connectivity index (χ2v) is 7.13. The number of hydrogen-bond donors (Lipinski definition) is 2. The fraction of sp³-hybridized carbons (Fsp3) is 0.318. The fourth-order valence-corrected chi connectivity index (χ4v) is 3.38. The molecule has 0 radical (unpaired) electrons. The molecule has 2 N–H and O–H groups in total. The molecule has 1 aliphatic rings. The molecule has 6 heteroatoms. The summed E-state index contributed by atoms with van der Waals surface area (Å²) in [4.78, 5) is 39.4. The highest BCUT2D eigenvalue weighted by Crippen LogP contribution is 2.32. The number of nitrogens with zero attached hydrogens (tertiary/aromatic N) is 1. The quantitative estimate of drug-likeness (QED) is 0.726. The monoisotopic (exact) mass is 379 g/mol. The largest absolute Gasteiger partial charge is 0.352 e. The first-order chi connectivity index (χ1) is 13.5. The van der Waals surface area contributed by atoms with Crippen LogP contribution in [0.2, 0.25) is 0 Å². The van der Waals surface area contributed by atoms with Gasteiger partial charge < -0.3 is 10.6 Å². The lowest BCUT2D eigenvalue weighted by Gasteiger charge is -2.27. The Morgan fingerprint density at radius 1 is 1.07 bits per heavy atom. The molecule has 1 saturated heterocycles. The van der Waals surface area contributed by atoms with Gasteiger partial charge in [-0.2, -0.15) is 0 Å². The van der Waals surface area contributed by atoms with Crippen LogP contribution in [0.25, 0.3) is 0 Å². The third kappa shape index (κ3) is 3.91. The number of nitrogens with one attached hydrogen (secondary N) is 2. The number of benzene rings is 2. The van der Waals surface area contributed by atoms with Crippen molar-refractivity contribution in [2.45, 2.75) is 38.3 Å². The molecule has 1 aliphatic heterocycles. The van der Waals surface area contributed by atoms with Crippen molar-refractivity contribution in [2.75, 3.05) is 6.54 Å². The number of urea groups is 1. The van der Waals surface area contributed by atoms with Crippen molar-refractivity contribution < 1.29 is 14.4 Å². The SMILES string of the molecule is CC[C@H](C)NC(=O)CN1C(=O)N[C@@](Cc2ccccc2)(c2ccccc2)C1=O. The third-order valence-electron chi connectivity index (χ3n) is 5.08. The van der Waals surface area contributed by atoms with E-state index in [9.17, 15) is 14.4 Å². The molecule has 4 amide bonds. The molecule has 6 nitrogen and oxygen atoms in total. The van der Waals surface area contributed by atoms with Gasteiger partial charge in [0.05, 0.1) is 0 Å². The summed E-state index contributed by atoms with van der Waals surface area (Å²) in [6, 6.07) is 18.1. The van der Waals surface area contributed by atoms with E-state index in [1.165, 1.54) is 0 Å². The van der Waals surface area contributed by atoms with Gasteiger partial charge in [-0.05, 0) is 24.5 Å². The number of hydrogen-bond acceptors (Lipinski definition) is 3. The molecule has 0 unspecified atom stereocenters. The second-order valence-electron chi connectivity index (χ2n) is 7.13. The van der Waals surface area contributed by atoms with Gasteiger partial charge in [-0.1, -0.05) is 67.6 Å². The van der Waals surface area contributed by atoms with Crippen molar-refractivity contribution >= 4 is 17.8 Å². The Kier molecular flexibility index (Phi) is 5.78. The highest BCUT2D eigenvalue weighted by atomic mass is 16.2. The summed E-state index contributed by atoms with van der Waals surface area (Å²) in [5.41, 5.74) is 0.393. The summed E-state index contributed by atoms with van der Waals surface area (Å²) in [5, 5.41) is 5.66. The smallest absolute Gasteiger partial charge is 0.325 e. The summed E-state index contributed by atoms with van der Waals surface area (Å²) >= 11 is 0. The predicted octanol–water partition coefficient (Wildman–Crippen LogP) is 2.59. The van der Waals surface area contributed by atoms with E-state index in [0.717, 1.165) is 16.9 Å². The van der Waals surface area contributed by atoms with Crippen molar-refractivity contribution in [3.63, 3.8) is 0 Å². The first-order valence-electron chi connectivity index (χ1n) is 9.49. The standard InChI is InChI=1S/C22H25N3O3/c1-3-16(2)23-19(26)15-25-20(27)22(24-21(25)28,18-12-8-5-9-13-18)14-17-10-6-4-7-11-17/h4-13,16H,3,14-15H2,1-2H3,(H,23,26)(H,24,28)/t16-,22-/m0/s1. The van der Waals surface area contributed by atoms with E-state index < -0.39 is 17.5 Å². The highest BCUT2D eigenvalue weighted by molar-refractivity contribution is 6.09. The van der Waals surface area contributed by atoms with Crippen molar-refractivity contribution in [1.29, 1.82) is 0 Å². The summed E-state index contributed by atoms with van der Waals surface area (Å²) in [6.07, 6.45) is 1.08. The van der Waals surface area contributed by atoms with E-state index in [4.69, 9.17) is 0 Å². The van der Waals surface area contributed by atoms with Gasteiger partial charge in [-0.25, -0.2) is 4.79 Å². The van der Waals surface area contributed by atoms with E-state index >= 15 is 0 Å². The third-order valence-corrected chi connectivity index (χ3v) is 5.08. The molecule has 0 aromatic heterocycles. The number of carbonyl (C=O) groups excluding carboxylic acids is 3. The molecular weight excluding hydrogens is 354 g/mol. The van der Waals surface area contributed by atoms with Crippen LogP contribution in [-0.4, -0.2) is 35.3 Å². The number of carbonyl (C=O) groups is 3. The molecule has 146 valence electrons. The minimum atomic E-state index is -1.23. The van der Waals surface area contributed by atoms with Gasteiger partial charge in [-0.15, -0.1) is 0 Å². The Morgan fingerprint density at radius 2 is 1.68 bits per heavy atom. The molecule has 0 spiro atoms. The van der Waals surface area contributed by atoms with Crippen LogP contribution in [0, 0.1) is 0 Å². The maximum atomic E-state index is 13.4. The molecule has 28 heavy (non-hydrogen) atoms. The zero-order valence-corrected chi connectivity index (χ0v) is 16.1. The van der Waals surface area contributed by atoms with Crippen LogP contribution in [0.4, 0.5) is 4.79 Å². The van der Waals surface area contributed by atoms with Gasteiger partial charge in [-0.3, -0.25) is 14.5 Å². The number of rotatable bonds is 7. The van der Waals surface area contributed by atoms with E-state index in [1.807, 2.05) is 74.5 Å². The first-order valence-corrected chi connectivity index (χ1v) is 9.49. The molecule has 1 heterocycles. The molecule has 2 aromatic carbocycles. The van der Waals surface area contributed by atoms with Crippen molar-refractivity contribution in [3.8, 4) is 0 Å².